The Kier molecular flexibility index (Phi) is 3.78. The summed E-state index contributed by atoms with van der Waals surface area (Å²) in [6, 6.07) is 8.73. The number of nitrogens with zero attached hydrogens (tertiary/aromatic N) is 6. The first-order chi connectivity index (χ1) is 12.2. The van der Waals surface area contributed by atoms with Crippen LogP contribution in [-0.2, 0) is 11.3 Å². The molecule has 0 aliphatic rings. The predicted molar refractivity (Wildman–Crippen MR) is 91.7 cm³/mol. The van der Waals surface area contributed by atoms with Gasteiger partial charge >= 0.3 is 0 Å². The molecule has 0 fully saturated rings. The van der Waals surface area contributed by atoms with Gasteiger partial charge in [0.2, 0.25) is 5.91 Å². The number of rotatable bonds is 4. The Hall–Kier alpha value is -3.40. The Morgan fingerprint density at radius 2 is 2.00 bits per heavy atom. The first-order valence-electron chi connectivity index (χ1n) is 7.26. The summed E-state index contributed by atoms with van der Waals surface area (Å²) in [6.07, 6.45) is 2.87. The fourth-order valence-electron chi connectivity index (χ4n) is 2.34. The molecule has 0 spiro atoms. The zero-order valence-corrected chi connectivity index (χ0v) is 13.6. The van der Waals surface area contributed by atoms with Crippen molar-refractivity contribution in [2.24, 2.45) is 0 Å². The maximum absolute atomic E-state index is 12.3. The Labute approximate surface area is 144 Å². The molecule has 1 amide bonds. The molecular formula is C15H11N7O2S. The Bertz CT molecular complexity index is 1080. The number of amides is 1. The maximum Gasteiger partial charge on any atom is 0.262 e. The van der Waals surface area contributed by atoms with Crippen LogP contribution in [0.5, 0.6) is 0 Å². The molecule has 25 heavy (non-hydrogen) atoms. The van der Waals surface area contributed by atoms with E-state index in [-0.39, 0.29) is 18.0 Å². The van der Waals surface area contributed by atoms with E-state index < -0.39 is 0 Å². The van der Waals surface area contributed by atoms with E-state index in [1.54, 1.807) is 35.7 Å². The maximum atomic E-state index is 12.3. The van der Waals surface area contributed by atoms with Gasteiger partial charge in [0, 0.05) is 5.69 Å². The van der Waals surface area contributed by atoms with Crippen LogP contribution in [-0.4, -0.2) is 35.7 Å². The van der Waals surface area contributed by atoms with Gasteiger partial charge in [-0.2, -0.15) is 0 Å². The highest BCUT2D eigenvalue weighted by Gasteiger charge is 2.09. The van der Waals surface area contributed by atoms with Crippen LogP contribution >= 0.6 is 11.3 Å². The summed E-state index contributed by atoms with van der Waals surface area (Å²) in [5, 5.41) is 16.0. The summed E-state index contributed by atoms with van der Waals surface area (Å²) in [7, 11) is 0. The third-order valence-electron chi connectivity index (χ3n) is 3.53. The summed E-state index contributed by atoms with van der Waals surface area (Å²) in [4.78, 5) is 29.3. The van der Waals surface area contributed by atoms with Gasteiger partial charge in [-0.1, -0.05) is 0 Å². The summed E-state index contributed by atoms with van der Waals surface area (Å²) < 4.78 is 2.80. The third-order valence-corrected chi connectivity index (χ3v) is 4.35. The van der Waals surface area contributed by atoms with Crippen molar-refractivity contribution in [1.29, 1.82) is 0 Å². The lowest BCUT2D eigenvalue weighted by molar-refractivity contribution is -0.116. The smallest absolute Gasteiger partial charge is 0.262 e. The molecule has 0 atom stereocenters. The minimum atomic E-state index is -0.311. The van der Waals surface area contributed by atoms with Crippen LogP contribution < -0.4 is 10.9 Å². The molecule has 0 bridgehead atoms. The highest BCUT2D eigenvalue weighted by atomic mass is 32.1. The van der Waals surface area contributed by atoms with E-state index >= 15 is 0 Å². The molecule has 3 aromatic heterocycles. The van der Waals surface area contributed by atoms with Gasteiger partial charge in [-0.3, -0.25) is 14.2 Å². The van der Waals surface area contributed by atoms with Crippen molar-refractivity contribution in [3.05, 3.63) is 58.7 Å². The number of carbonyl (C=O) groups is 1. The average molecular weight is 353 g/mol. The van der Waals surface area contributed by atoms with Gasteiger partial charge in [-0.05, 0) is 46.1 Å². The van der Waals surface area contributed by atoms with Gasteiger partial charge < -0.3 is 5.32 Å². The van der Waals surface area contributed by atoms with Crippen LogP contribution in [0.25, 0.3) is 15.9 Å². The standard InChI is InChI=1S/C15H11N7O2S/c23-13(7-21-8-16-14-12(15(21)24)5-6-25-14)18-10-1-3-11(4-2-10)22-9-17-19-20-22/h1-6,8-9H,7H2,(H,18,23). The number of thiophene rings is 1. The van der Waals surface area contributed by atoms with Crippen molar-refractivity contribution < 1.29 is 4.79 Å². The molecule has 10 heteroatoms. The molecule has 0 aliphatic heterocycles. The second kappa shape index (κ2) is 6.24. The van der Waals surface area contributed by atoms with E-state index in [4.69, 9.17) is 0 Å². The second-order valence-corrected chi connectivity index (χ2v) is 6.06. The minimum absolute atomic E-state index is 0.105. The molecule has 1 N–H and O–H groups in total. The number of tetrazole rings is 1. The SMILES string of the molecule is O=C(Cn1cnc2sccc2c1=O)Nc1ccc(-n2cnnn2)cc1. The summed E-state index contributed by atoms with van der Waals surface area (Å²) >= 11 is 1.39. The van der Waals surface area contributed by atoms with Crippen LogP contribution in [0.2, 0.25) is 0 Å². The van der Waals surface area contributed by atoms with Crippen molar-refractivity contribution in [1.82, 2.24) is 29.8 Å². The highest BCUT2D eigenvalue weighted by molar-refractivity contribution is 7.16. The fraction of sp³-hybridized carbons (Fsp3) is 0.0667. The summed E-state index contributed by atoms with van der Waals surface area (Å²) in [5.41, 5.74) is 1.15. The predicted octanol–water partition coefficient (Wildman–Crippen LogP) is 1.07. The molecular weight excluding hydrogens is 342 g/mol. The van der Waals surface area contributed by atoms with Crippen molar-refractivity contribution in [2.75, 3.05) is 5.32 Å². The largest absolute Gasteiger partial charge is 0.325 e. The number of fused-ring (bicyclic) bond motifs is 1. The van der Waals surface area contributed by atoms with Gasteiger partial charge in [0.25, 0.3) is 5.56 Å². The van der Waals surface area contributed by atoms with E-state index in [2.05, 4.69) is 25.8 Å². The average Bonchev–Trinajstić information content (AvgIpc) is 3.30. The van der Waals surface area contributed by atoms with E-state index in [0.717, 1.165) is 5.69 Å². The van der Waals surface area contributed by atoms with Crippen molar-refractivity contribution in [2.45, 2.75) is 6.54 Å². The molecule has 0 radical (unpaired) electrons. The summed E-state index contributed by atoms with van der Waals surface area (Å²) in [5.74, 6) is -0.311. The lowest BCUT2D eigenvalue weighted by Gasteiger charge is -2.08. The van der Waals surface area contributed by atoms with Crippen LogP contribution in [0.4, 0.5) is 5.69 Å². The highest BCUT2D eigenvalue weighted by Crippen LogP contribution is 2.14. The number of nitrogens with one attached hydrogen (secondary N) is 1. The van der Waals surface area contributed by atoms with E-state index in [9.17, 15) is 9.59 Å². The molecule has 1 aromatic carbocycles. The van der Waals surface area contributed by atoms with E-state index in [1.165, 1.54) is 33.2 Å². The lowest BCUT2D eigenvalue weighted by Crippen LogP contribution is -2.27. The minimum Gasteiger partial charge on any atom is -0.325 e. The topological polar surface area (TPSA) is 108 Å². The van der Waals surface area contributed by atoms with Crippen LogP contribution in [0.15, 0.2) is 53.2 Å². The zero-order chi connectivity index (χ0) is 17.2. The van der Waals surface area contributed by atoms with Crippen molar-refractivity contribution >= 4 is 33.1 Å². The van der Waals surface area contributed by atoms with Crippen LogP contribution in [0.1, 0.15) is 0 Å². The van der Waals surface area contributed by atoms with Gasteiger partial charge in [-0.25, -0.2) is 9.67 Å². The molecule has 4 aromatic rings. The van der Waals surface area contributed by atoms with Gasteiger partial charge in [0.05, 0.1) is 17.4 Å². The van der Waals surface area contributed by atoms with Crippen LogP contribution in [0.3, 0.4) is 0 Å². The quantitative estimate of drug-likeness (QED) is 0.588. The Morgan fingerprint density at radius 1 is 1.16 bits per heavy atom. The van der Waals surface area contributed by atoms with Gasteiger partial charge in [0.15, 0.2) is 0 Å². The molecule has 0 aliphatic carbocycles. The summed E-state index contributed by atoms with van der Waals surface area (Å²) in [6.45, 7) is -0.105. The molecule has 4 rings (SSSR count). The zero-order valence-electron chi connectivity index (χ0n) is 12.7. The number of anilines is 1. The van der Waals surface area contributed by atoms with E-state index in [1.807, 2.05) is 0 Å². The normalized spacial score (nSPS) is 10.9. The molecule has 0 unspecified atom stereocenters. The van der Waals surface area contributed by atoms with Gasteiger partial charge in [0.1, 0.15) is 17.7 Å². The van der Waals surface area contributed by atoms with Crippen molar-refractivity contribution in [3.8, 4) is 5.69 Å². The monoisotopic (exact) mass is 353 g/mol. The molecule has 9 nitrogen and oxygen atoms in total. The number of carbonyl (C=O) groups excluding carboxylic acids is 1. The number of hydrogen-bond acceptors (Lipinski definition) is 7. The molecule has 0 saturated heterocycles. The Balaban J connectivity index is 1.48. The second-order valence-electron chi connectivity index (χ2n) is 5.17. The Morgan fingerprint density at radius 3 is 2.76 bits per heavy atom. The molecule has 3 heterocycles. The lowest BCUT2D eigenvalue weighted by atomic mass is 10.3. The number of hydrogen-bond donors (Lipinski definition) is 1. The number of aromatic nitrogens is 6. The van der Waals surface area contributed by atoms with Gasteiger partial charge in [-0.15, -0.1) is 16.4 Å². The molecule has 0 saturated carbocycles. The fourth-order valence-corrected chi connectivity index (χ4v) is 3.06. The third kappa shape index (κ3) is 3.02. The van der Waals surface area contributed by atoms with E-state index in [0.29, 0.717) is 15.9 Å². The molecule has 124 valence electrons. The first-order valence-corrected chi connectivity index (χ1v) is 8.14. The van der Waals surface area contributed by atoms with Crippen molar-refractivity contribution in [3.63, 3.8) is 0 Å². The first kappa shape index (κ1) is 15.1. The van der Waals surface area contributed by atoms with Crippen LogP contribution in [0, 0.1) is 0 Å². The number of benzene rings is 1.